The Hall–Kier alpha value is -1.25. The SMILES string of the molecule is CCCC(=O)c1nc(C)c(C)nc1C. The van der Waals surface area contributed by atoms with Crippen molar-refractivity contribution in [3.05, 3.63) is 22.8 Å². The van der Waals surface area contributed by atoms with Crippen LogP contribution in [0, 0.1) is 20.8 Å². The lowest BCUT2D eigenvalue weighted by atomic mass is 10.1. The van der Waals surface area contributed by atoms with Gasteiger partial charge in [0, 0.05) is 6.42 Å². The number of carbonyl (C=O) groups is 1. The van der Waals surface area contributed by atoms with Gasteiger partial charge in [0.15, 0.2) is 5.78 Å². The van der Waals surface area contributed by atoms with Crippen molar-refractivity contribution in [2.75, 3.05) is 0 Å². The van der Waals surface area contributed by atoms with Gasteiger partial charge in [-0.25, -0.2) is 4.98 Å². The highest BCUT2D eigenvalue weighted by molar-refractivity contribution is 5.95. The molecule has 1 heterocycles. The van der Waals surface area contributed by atoms with Crippen molar-refractivity contribution >= 4 is 5.78 Å². The predicted octanol–water partition coefficient (Wildman–Crippen LogP) is 2.38. The molecular weight excluding hydrogens is 176 g/mol. The summed E-state index contributed by atoms with van der Waals surface area (Å²) in [6.45, 7) is 7.61. The van der Waals surface area contributed by atoms with Crippen molar-refractivity contribution in [3.63, 3.8) is 0 Å². The van der Waals surface area contributed by atoms with Gasteiger partial charge in [-0.2, -0.15) is 0 Å². The Morgan fingerprint density at radius 1 is 1.07 bits per heavy atom. The maximum absolute atomic E-state index is 11.6. The van der Waals surface area contributed by atoms with Crippen molar-refractivity contribution in [2.24, 2.45) is 0 Å². The zero-order valence-corrected chi connectivity index (χ0v) is 9.22. The van der Waals surface area contributed by atoms with Gasteiger partial charge >= 0.3 is 0 Å². The molecule has 0 radical (unpaired) electrons. The number of ketones is 1. The molecule has 0 unspecified atom stereocenters. The number of aryl methyl sites for hydroxylation is 3. The maximum atomic E-state index is 11.6. The number of Topliss-reactive ketones (excluding diaryl/α,β-unsaturated/α-hetero) is 1. The zero-order chi connectivity index (χ0) is 10.7. The van der Waals surface area contributed by atoms with E-state index in [2.05, 4.69) is 9.97 Å². The Bertz CT molecular complexity index is 359. The molecule has 0 atom stereocenters. The quantitative estimate of drug-likeness (QED) is 0.690. The second-order valence-electron chi connectivity index (χ2n) is 3.50. The van der Waals surface area contributed by atoms with E-state index in [-0.39, 0.29) is 5.78 Å². The van der Waals surface area contributed by atoms with Gasteiger partial charge in [-0.15, -0.1) is 0 Å². The van der Waals surface area contributed by atoms with Crippen molar-refractivity contribution in [2.45, 2.75) is 40.5 Å². The first-order valence-electron chi connectivity index (χ1n) is 4.91. The summed E-state index contributed by atoms with van der Waals surface area (Å²) in [5, 5.41) is 0. The van der Waals surface area contributed by atoms with Gasteiger partial charge in [0.05, 0.1) is 17.1 Å². The summed E-state index contributed by atoms with van der Waals surface area (Å²) in [5.74, 6) is 0.0978. The van der Waals surface area contributed by atoms with Gasteiger partial charge in [-0.1, -0.05) is 6.92 Å². The van der Waals surface area contributed by atoms with E-state index >= 15 is 0 Å². The fraction of sp³-hybridized carbons (Fsp3) is 0.545. The summed E-state index contributed by atoms with van der Waals surface area (Å²) < 4.78 is 0. The van der Waals surface area contributed by atoms with Crippen molar-refractivity contribution < 1.29 is 4.79 Å². The highest BCUT2D eigenvalue weighted by Crippen LogP contribution is 2.09. The second-order valence-corrected chi connectivity index (χ2v) is 3.50. The minimum absolute atomic E-state index is 0.0978. The number of rotatable bonds is 3. The van der Waals surface area contributed by atoms with Gasteiger partial charge in [0.2, 0.25) is 0 Å². The first kappa shape index (κ1) is 10.8. The summed E-state index contributed by atoms with van der Waals surface area (Å²) in [6, 6.07) is 0. The van der Waals surface area contributed by atoms with Crippen LogP contribution in [0.25, 0.3) is 0 Å². The third-order valence-electron chi connectivity index (χ3n) is 2.22. The summed E-state index contributed by atoms with van der Waals surface area (Å²) in [4.78, 5) is 20.2. The van der Waals surface area contributed by atoms with E-state index in [0.717, 1.165) is 23.5 Å². The predicted molar refractivity (Wildman–Crippen MR) is 55.5 cm³/mol. The average Bonchev–Trinajstić information content (AvgIpc) is 2.11. The molecule has 0 spiro atoms. The van der Waals surface area contributed by atoms with Crippen LogP contribution < -0.4 is 0 Å². The van der Waals surface area contributed by atoms with Gasteiger partial charge in [-0.05, 0) is 27.2 Å². The van der Waals surface area contributed by atoms with Crippen LogP contribution in [0.15, 0.2) is 0 Å². The van der Waals surface area contributed by atoms with E-state index in [1.54, 1.807) is 0 Å². The van der Waals surface area contributed by atoms with Crippen LogP contribution in [0.5, 0.6) is 0 Å². The largest absolute Gasteiger partial charge is 0.292 e. The molecule has 0 saturated carbocycles. The molecule has 0 aromatic carbocycles. The molecule has 1 aromatic rings. The number of carbonyl (C=O) groups excluding carboxylic acids is 1. The molecule has 0 saturated heterocycles. The zero-order valence-electron chi connectivity index (χ0n) is 9.22. The average molecular weight is 192 g/mol. The van der Waals surface area contributed by atoms with Crippen LogP contribution in [0.4, 0.5) is 0 Å². The van der Waals surface area contributed by atoms with E-state index in [0.29, 0.717) is 12.1 Å². The lowest BCUT2D eigenvalue weighted by molar-refractivity contribution is 0.0975. The fourth-order valence-electron chi connectivity index (χ4n) is 1.32. The van der Waals surface area contributed by atoms with Crippen LogP contribution in [0.2, 0.25) is 0 Å². The lowest BCUT2D eigenvalue weighted by Gasteiger charge is -2.05. The Balaban J connectivity index is 3.09. The molecule has 14 heavy (non-hydrogen) atoms. The molecule has 0 aliphatic rings. The molecule has 0 bridgehead atoms. The third kappa shape index (κ3) is 2.16. The topological polar surface area (TPSA) is 42.9 Å². The Morgan fingerprint density at radius 2 is 1.64 bits per heavy atom. The Labute approximate surface area is 84.6 Å². The molecular formula is C11H16N2O. The van der Waals surface area contributed by atoms with Gasteiger partial charge in [0.25, 0.3) is 0 Å². The Morgan fingerprint density at radius 3 is 2.21 bits per heavy atom. The first-order valence-corrected chi connectivity index (χ1v) is 4.91. The molecule has 0 N–H and O–H groups in total. The molecule has 1 rings (SSSR count). The fourth-order valence-corrected chi connectivity index (χ4v) is 1.32. The highest BCUT2D eigenvalue weighted by Gasteiger charge is 2.12. The minimum atomic E-state index is 0.0978. The molecule has 3 heteroatoms. The molecule has 76 valence electrons. The van der Waals surface area contributed by atoms with E-state index in [1.807, 2.05) is 27.7 Å². The summed E-state index contributed by atoms with van der Waals surface area (Å²) in [7, 11) is 0. The van der Waals surface area contributed by atoms with Crippen molar-refractivity contribution in [3.8, 4) is 0 Å². The van der Waals surface area contributed by atoms with E-state index in [1.165, 1.54) is 0 Å². The standard InChI is InChI=1S/C11H16N2O/c1-5-6-10(14)11-9(4)12-7(2)8(3)13-11/h5-6H2,1-4H3. The van der Waals surface area contributed by atoms with Gasteiger partial charge < -0.3 is 0 Å². The molecule has 0 fully saturated rings. The molecule has 0 aliphatic heterocycles. The Kier molecular flexibility index (Phi) is 3.33. The summed E-state index contributed by atoms with van der Waals surface area (Å²) >= 11 is 0. The molecule has 1 aromatic heterocycles. The number of hydrogen-bond donors (Lipinski definition) is 0. The minimum Gasteiger partial charge on any atom is -0.292 e. The lowest BCUT2D eigenvalue weighted by Crippen LogP contribution is -2.09. The van der Waals surface area contributed by atoms with Crippen molar-refractivity contribution in [1.29, 1.82) is 0 Å². The van der Waals surface area contributed by atoms with Crippen LogP contribution in [-0.4, -0.2) is 15.8 Å². The molecule has 0 amide bonds. The molecule has 0 aliphatic carbocycles. The first-order chi connectivity index (χ1) is 6.56. The van der Waals surface area contributed by atoms with E-state index < -0.39 is 0 Å². The van der Waals surface area contributed by atoms with Crippen LogP contribution >= 0.6 is 0 Å². The monoisotopic (exact) mass is 192 g/mol. The normalized spacial score (nSPS) is 10.3. The van der Waals surface area contributed by atoms with E-state index in [9.17, 15) is 4.79 Å². The molecule has 3 nitrogen and oxygen atoms in total. The number of nitrogens with zero attached hydrogens (tertiary/aromatic N) is 2. The van der Waals surface area contributed by atoms with Gasteiger partial charge in [0.1, 0.15) is 5.69 Å². The second kappa shape index (κ2) is 4.31. The maximum Gasteiger partial charge on any atom is 0.183 e. The number of aromatic nitrogens is 2. The summed E-state index contributed by atoms with van der Waals surface area (Å²) in [5.41, 5.74) is 3.02. The highest BCUT2D eigenvalue weighted by atomic mass is 16.1. The van der Waals surface area contributed by atoms with Crippen LogP contribution in [-0.2, 0) is 0 Å². The van der Waals surface area contributed by atoms with Crippen LogP contribution in [0.1, 0.15) is 47.3 Å². The number of hydrogen-bond acceptors (Lipinski definition) is 3. The smallest absolute Gasteiger partial charge is 0.183 e. The van der Waals surface area contributed by atoms with Crippen molar-refractivity contribution in [1.82, 2.24) is 9.97 Å². The van der Waals surface area contributed by atoms with Gasteiger partial charge in [-0.3, -0.25) is 9.78 Å². The van der Waals surface area contributed by atoms with E-state index in [4.69, 9.17) is 0 Å². The summed E-state index contributed by atoms with van der Waals surface area (Å²) in [6.07, 6.45) is 1.41. The van der Waals surface area contributed by atoms with Crippen LogP contribution in [0.3, 0.4) is 0 Å². The third-order valence-corrected chi connectivity index (χ3v) is 2.22.